The van der Waals surface area contributed by atoms with Crippen molar-refractivity contribution in [3.05, 3.63) is 50.7 Å². The summed E-state index contributed by atoms with van der Waals surface area (Å²) in [6.07, 6.45) is 4.75. The van der Waals surface area contributed by atoms with E-state index in [2.05, 4.69) is 4.98 Å². The van der Waals surface area contributed by atoms with E-state index in [0.29, 0.717) is 30.6 Å². The summed E-state index contributed by atoms with van der Waals surface area (Å²) in [5, 5.41) is 0. The highest BCUT2D eigenvalue weighted by Gasteiger charge is 2.29. The zero-order chi connectivity index (χ0) is 25.5. The number of unbranched alkanes of at least 4 members (excludes halogenated alkanes) is 3. The summed E-state index contributed by atoms with van der Waals surface area (Å²) in [6, 6.07) is 6.84. The minimum Gasteiger partial charge on any atom is -0.383 e. The number of hydrogen-bond donors (Lipinski definition) is 2. The zero-order valence-electron chi connectivity index (χ0n) is 20.3. The van der Waals surface area contributed by atoms with Gasteiger partial charge in [-0.3, -0.25) is 23.4 Å². The lowest BCUT2D eigenvalue weighted by Crippen LogP contribution is -2.47. The molecule has 1 heterocycles. The second-order valence-electron chi connectivity index (χ2n) is 8.31. The Morgan fingerprint density at radius 2 is 1.74 bits per heavy atom. The standard InChI is InChI=1S/C23H35N5O5S/c1-5-7-11-15-26(20-21(24)27(14-8-6-2)23(31)25-22(20)30)19(29)16-28(34(4,32)33)18-13-10-9-12-17(18)3/h9-10,12-13H,5-8,11,14-16,24H2,1-4H3,(H,25,30,31). The molecule has 2 rings (SSSR count). The first-order valence-corrected chi connectivity index (χ1v) is 13.3. The zero-order valence-corrected chi connectivity index (χ0v) is 21.2. The van der Waals surface area contributed by atoms with Crippen LogP contribution in [0.3, 0.4) is 0 Å². The van der Waals surface area contributed by atoms with Crippen LogP contribution in [0.15, 0.2) is 33.9 Å². The third kappa shape index (κ3) is 6.49. The second kappa shape index (κ2) is 11.9. The SMILES string of the molecule is CCCCCN(C(=O)CN(c1ccccc1C)S(C)(=O)=O)c1c(N)n(CCCC)c(=O)[nH]c1=O. The molecule has 188 valence electrons. The van der Waals surface area contributed by atoms with Crippen LogP contribution in [-0.4, -0.2) is 43.2 Å². The van der Waals surface area contributed by atoms with Crippen molar-refractivity contribution in [2.45, 2.75) is 59.4 Å². The molecule has 0 aliphatic rings. The predicted molar refractivity (Wildman–Crippen MR) is 136 cm³/mol. The third-order valence-electron chi connectivity index (χ3n) is 5.57. The molecule has 2 aromatic rings. The number of nitrogens with zero attached hydrogens (tertiary/aromatic N) is 3. The number of aromatic amines is 1. The Morgan fingerprint density at radius 1 is 1.09 bits per heavy atom. The Bertz CT molecular complexity index is 1220. The van der Waals surface area contributed by atoms with Gasteiger partial charge in [-0.15, -0.1) is 0 Å². The molecule has 1 aromatic carbocycles. The summed E-state index contributed by atoms with van der Waals surface area (Å²) < 4.78 is 27.5. The predicted octanol–water partition coefficient (Wildman–Crippen LogP) is 2.22. The largest absolute Gasteiger partial charge is 0.383 e. The number of benzene rings is 1. The molecule has 0 unspecified atom stereocenters. The Hall–Kier alpha value is -3.08. The van der Waals surface area contributed by atoms with Gasteiger partial charge in [0, 0.05) is 13.1 Å². The van der Waals surface area contributed by atoms with E-state index in [4.69, 9.17) is 5.73 Å². The fourth-order valence-electron chi connectivity index (χ4n) is 3.69. The number of carbonyl (C=O) groups is 1. The van der Waals surface area contributed by atoms with Gasteiger partial charge in [0.15, 0.2) is 5.69 Å². The molecular weight excluding hydrogens is 458 g/mol. The van der Waals surface area contributed by atoms with Crippen LogP contribution in [0.1, 0.15) is 51.5 Å². The van der Waals surface area contributed by atoms with Gasteiger partial charge in [0.2, 0.25) is 15.9 Å². The first kappa shape index (κ1) is 27.2. The summed E-state index contributed by atoms with van der Waals surface area (Å²) in [6.45, 7) is 5.66. The van der Waals surface area contributed by atoms with Crippen molar-refractivity contribution in [2.75, 3.05) is 34.3 Å². The molecule has 3 N–H and O–H groups in total. The lowest BCUT2D eigenvalue weighted by molar-refractivity contribution is -0.117. The van der Waals surface area contributed by atoms with Gasteiger partial charge in [-0.25, -0.2) is 13.2 Å². The highest BCUT2D eigenvalue weighted by atomic mass is 32.2. The lowest BCUT2D eigenvalue weighted by Gasteiger charge is -2.29. The number of aromatic nitrogens is 2. The minimum absolute atomic E-state index is 0.103. The normalized spacial score (nSPS) is 11.4. The van der Waals surface area contributed by atoms with Crippen LogP contribution in [0, 0.1) is 6.92 Å². The van der Waals surface area contributed by atoms with E-state index in [1.54, 1.807) is 31.2 Å². The van der Waals surface area contributed by atoms with Crippen LogP contribution in [0.25, 0.3) is 0 Å². The van der Waals surface area contributed by atoms with Crippen molar-refractivity contribution in [1.29, 1.82) is 0 Å². The molecule has 0 saturated heterocycles. The molecule has 0 aliphatic heterocycles. The quantitative estimate of drug-likeness (QED) is 0.435. The highest BCUT2D eigenvalue weighted by Crippen LogP contribution is 2.24. The van der Waals surface area contributed by atoms with E-state index in [1.807, 2.05) is 13.8 Å². The van der Waals surface area contributed by atoms with Gasteiger partial charge in [-0.05, 0) is 31.4 Å². The number of nitrogen functional groups attached to an aromatic ring is 1. The molecule has 0 aliphatic carbocycles. The topological polar surface area (TPSA) is 139 Å². The van der Waals surface area contributed by atoms with Gasteiger partial charge in [0.05, 0.1) is 11.9 Å². The summed E-state index contributed by atoms with van der Waals surface area (Å²) in [5.41, 5.74) is 5.75. The van der Waals surface area contributed by atoms with Crippen molar-refractivity contribution in [2.24, 2.45) is 0 Å². The molecule has 10 nitrogen and oxygen atoms in total. The summed E-state index contributed by atoms with van der Waals surface area (Å²) in [5.74, 6) is -0.712. The number of aryl methyl sites for hydroxylation is 1. The Balaban J connectivity index is 2.56. The van der Waals surface area contributed by atoms with Gasteiger partial charge in [-0.2, -0.15) is 0 Å². The number of nitrogens with two attached hydrogens (primary N) is 1. The Labute approximate surface area is 200 Å². The Morgan fingerprint density at radius 3 is 2.32 bits per heavy atom. The lowest BCUT2D eigenvalue weighted by atomic mass is 10.2. The van der Waals surface area contributed by atoms with E-state index in [1.165, 1.54) is 9.47 Å². The van der Waals surface area contributed by atoms with Crippen molar-refractivity contribution >= 4 is 33.1 Å². The van der Waals surface area contributed by atoms with E-state index in [0.717, 1.165) is 29.8 Å². The number of anilines is 3. The van der Waals surface area contributed by atoms with Gasteiger partial charge < -0.3 is 10.6 Å². The van der Waals surface area contributed by atoms with Gasteiger partial charge in [0.1, 0.15) is 12.4 Å². The number of sulfonamides is 1. The van der Waals surface area contributed by atoms with Crippen LogP contribution in [0.2, 0.25) is 0 Å². The summed E-state index contributed by atoms with van der Waals surface area (Å²) in [4.78, 5) is 42.1. The van der Waals surface area contributed by atoms with Gasteiger partial charge in [-0.1, -0.05) is 51.3 Å². The maximum atomic E-state index is 13.5. The summed E-state index contributed by atoms with van der Waals surface area (Å²) in [7, 11) is -3.81. The fraction of sp³-hybridized carbons (Fsp3) is 0.522. The molecule has 34 heavy (non-hydrogen) atoms. The maximum absolute atomic E-state index is 13.5. The minimum atomic E-state index is -3.81. The molecule has 0 fully saturated rings. The molecule has 1 aromatic heterocycles. The summed E-state index contributed by atoms with van der Waals surface area (Å²) >= 11 is 0. The maximum Gasteiger partial charge on any atom is 0.330 e. The number of nitrogens with one attached hydrogen (secondary N) is 1. The average molecular weight is 494 g/mol. The van der Waals surface area contributed by atoms with Crippen LogP contribution < -0.4 is 26.2 Å². The molecule has 0 saturated carbocycles. The molecule has 0 spiro atoms. The van der Waals surface area contributed by atoms with Crippen molar-refractivity contribution in [3.8, 4) is 0 Å². The number of H-pyrrole nitrogens is 1. The monoisotopic (exact) mass is 493 g/mol. The number of para-hydroxylation sites is 1. The number of carbonyl (C=O) groups excluding carboxylic acids is 1. The fourth-order valence-corrected chi connectivity index (χ4v) is 4.60. The van der Waals surface area contributed by atoms with E-state index in [9.17, 15) is 22.8 Å². The Kier molecular flexibility index (Phi) is 9.48. The first-order chi connectivity index (χ1) is 16.0. The third-order valence-corrected chi connectivity index (χ3v) is 6.70. The van der Waals surface area contributed by atoms with Crippen molar-refractivity contribution in [1.82, 2.24) is 9.55 Å². The smallest absolute Gasteiger partial charge is 0.330 e. The first-order valence-electron chi connectivity index (χ1n) is 11.5. The van der Waals surface area contributed by atoms with E-state index in [-0.39, 0.29) is 18.1 Å². The second-order valence-corrected chi connectivity index (χ2v) is 10.2. The van der Waals surface area contributed by atoms with Gasteiger partial charge in [0.25, 0.3) is 5.56 Å². The number of amides is 1. The molecule has 11 heteroatoms. The molecule has 0 bridgehead atoms. The van der Waals surface area contributed by atoms with Crippen LogP contribution in [-0.2, 0) is 21.4 Å². The average Bonchev–Trinajstić information content (AvgIpc) is 2.76. The highest BCUT2D eigenvalue weighted by molar-refractivity contribution is 7.92. The molecular formula is C23H35N5O5S. The van der Waals surface area contributed by atoms with Crippen LogP contribution in [0.4, 0.5) is 17.2 Å². The molecule has 1 amide bonds. The van der Waals surface area contributed by atoms with Gasteiger partial charge >= 0.3 is 5.69 Å². The van der Waals surface area contributed by atoms with Crippen LogP contribution in [0.5, 0.6) is 0 Å². The van der Waals surface area contributed by atoms with Crippen molar-refractivity contribution in [3.63, 3.8) is 0 Å². The van der Waals surface area contributed by atoms with E-state index < -0.39 is 33.7 Å². The molecule has 0 atom stereocenters. The number of rotatable bonds is 12. The number of hydrogen-bond acceptors (Lipinski definition) is 6. The van der Waals surface area contributed by atoms with E-state index >= 15 is 0 Å². The molecule has 0 radical (unpaired) electrons. The van der Waals surface area contributed by atoms with Crippen LogP contribution >= 0.6 is 0 Å². The van der Waals surface area contributed by atoms with Crippen molar-refractivity contribution < 1.29 is 13.2 Å².